The second kappa shape index (κ2) is 14.8. The molecule has 5 nitrogen and oxygen atoms in total. The number of nitrogens with zero attached hydrogens (tertiary/aromatic N) is 1. The average molecular weight is 606 g/mol. The fourth-order valence-corrected chi connectivity index (χ4v) is 6.94. The summed E-state index contributed by atoms with van der Waals surface area (Å²) >= 11 is 0. The molecule has 0 aliphatic carbocycles. The van der Waals surface area contributed by atoms with E-state index in [4.69, 9.17) is 4.74 Å². The van der Waals surface area contributed by atoms with Crippen LogP contribution < -0.4 is 0 Å². The number of sulfonamides is 1. The predicted molar refractivity (Wildman–Crippen MR) is 177 cm³/mol. The van der Waals surface area contributed by atoms with E-state index in [1.807, 2.05) is 107 Å². The van der Waals surface area contributed by atoms with Crippen molar-refractivity contribution in [1.29, 1.82) is 0 Å². The predicted octanol–water partition coefficient (Wildman–Crippen LogP) is 7.78. The van der Waals surface area contributed by atoms with Crippen molar-refractivity contribution in [2.75, 3.05) is 6.54 Å². The molecule has 0 saturated heterocycles. The fourth-order valence-electron chi connectivity index (χ4n) is 5.19. The topological polar surface area (TPSA) is 63.7 Å². The van der Waals surface area contributed by atoms with Gasteiger partial charge in [0.15, 0.2) is 5.60 Å². The maximum absolute atomic E-state index is 14.5. The zero-order chi connectivity index (χ0) is 31.6. The molecule has 0 bridgehead atoms. The third kappa shape index (κ3) is 7.93. The Labute approximate surface area is 262 Å². The van der Waals surface area contributed by atoms with Gasteiger partial charge in [0.1, 0.15) is 0 Å². The van der Waals surface area contributed by atoms with Crippen molar-refractivity contribution < 1.29 is 17.9 Å². The Morgan fingerprint density at radius 3 is 2.00 bits per heavy atom. The molecule has 4 aromatic carbocycles. The normalized spacial score (nSPS) is 13.7. The summed E-state index contributed by atoms with van der Waals surface area (Å²) in [5, 5.41) is 0. The van der Waals surface area contributed by atoms with E-state index in [1.54, 1.807) is 48.5 Å². The van der Waals surface area contributed by atoms with Crippen molar-refractivity contribution in [3.05, 3.63) is 144 Å². The van der Waals surface area contributed by atoms with Gasteiger partial charge in [-0.25, -0.2) is 13.2 Å². The SMILES string of the molecule is CC[C@@](C#Cc1ccccc1)(OC(=O)c1ccccc1)C(C(C)C)N(C/C=C/c1ccccc1)S(=O)(=O)c1ccc(C)cc1. The van der Waals surface area contributed by atoms with Crippen LogP contribution in [0.3, 0.4) is 0 Å². The minimum absolute atomic E-state index is 0.0472. The number of esters is 1. The van der Waals surface area contributed by atoms with E-state index < -0.39 is 27.6 Å². The summed E-state index contributed by atoms with van der Waals surface area (Å²) in [6.45, 7) is 7.72. The minimum Gasteiger partial charge on any atom is -0.440 e. The van der Waals surface area contributed by atoms with Crippen molar-refractivity contribution in [3.8, 4) is 11.8 Å². The number of benzene rings is 4. The highest BCUT2D eigenvalue weighted by atomic mass is 32.2. The van der Waals surface area contributed by atoms with Gasteiger partial charge in [-0.1, -0.05) is 123 Å². The highest BCUT2D eigenvalue weighted by molar-refractivity contribution is 7.89. The van der Waals surface area contributed by atoms with Gasteiger partial charge >= 0.3 is 5.97 Å². The van der Waals surface area contributed by atoms with Gasteiger partial charge in [0.2, 0.25) is 10.0 Å². The van der Waals surface area contributed by atoms with Crippen LogP contribution in [-0.2, 0) is 14.8 Å². The lowest BCUT2D eigenvalue weighted by Crippen LogP contribution is -2.58. The van der Waals surface area contributed by atoms with Gasteiger partial charge in [0, 0.05) is 12.1 Å². The van der Waals surface area contributed by atoms with E-state index in [0.29, 0.717) is 5.56 Å². The van der Waals surface area contributed by atoms with Crippen LogP contribution in [0.15, 0.2) is 126 Å². The van der Waals surface area contributed by atoms with Crippen molar-refractivity contribution in [1.82, 2.24) is 4.31 Å². The number of ether oxygens (including phenoxy) is 1. The molecule has 0 aromatic heterocycles. The molecule has 6 heteroatoms. The quantitative estimate of drug-likeness (QED) is 0.129. The largest absolute Gasteiger partial charge is 0.440 e. The molecular formula is C38H39NO4S. The van der Waals surface area contributed by atoms with Gasteiger partial charge in [-0.15, -0.1) is 0 Å². The average Bonchev–Trinajstić information content (AvgIpc) is 3.04. The van der Waals surface area contributed by atoms with E-state index in [0.717, 1.165) is 16.7 Å². The maximum Gasteiger partial charge on any atom is 0.339 e. The number of hydrogen-bond donors (Lipinski definition) is 0. The van der Waals surface area contributed by atoms with Gasteiger partial charge in [-0.2, -0.15) is 4.31 Å². The summed E-state index contributed by atoms with van der Waals surface area (Å²) in [6.07, 6.45) is 3.99. The third-order valence-electron chi connectivity index (χ3n) is 7.44. The molecule has 0 spiro atoms. The smallest absolute Gasteiger partial charge is 0.339 e. The van der Waals surface area contributed by atoms with Crippen LogP contribution in [0.2, 0.25) is 0 Å². The zero-order valence-corrected chi connectivity index (χ0v) is 26.5. The number of rotatable bonds is 11. The minimum atomic E-state index is -4.07. The molecule has 226 valence electrons. The summed E-state index contributed by atoms with van der Waals surface area (Å²) in [6, 6.07) is 33.8. The molecule has 0 N–H and O–H groups in total. The molecule has 4 aromatic rings. The molecule has 0 aliphatic heterocycles. The Balaban J connectivity index is 1.90. The Morgan fingerprint density at radius 2 is 1.43 bits per heavy atom. The molecule has 2 atom stereocenters. The van der Waals surface area contributed by atoms with Crippen molar-refractivity contribution >= 4 is 22.1 Å². The van der Waals surface area contributed by atoms with Gasteiger partial charge in [0.05, 0.1) is 16.5 Å². The first-order valence-corrected chi connectivity index (χ1v) is 16.3. The Hall–Kier alpha value is -4.44. The van der Waals surface area contributed by atoms with Crippen LogP contribution in [0.1, 0.15) is 54.2 Å². The Bertz CT molecular complexity index is 1710. The summed E-state index contributed by atoms with van der Waals surface area (Å²) < 4.78 is 36.9. The first-order chi connectivity index (χ1) is 21.2. The van der Waals surface area contributed by atoms with E-state index in [-0.39, 0.29) is 23.8 Å². The third-order valence-corrected chi connectivity index (χ3v) is 9.31. The van der Waals surface area contributed by atoms with Gasteiger partial charge in [0.25, 0.3) is 0 Å². The summed E-state index contributed by atoms with van der Waals surface area (Å²) in [7, 11) is -4.07. The molecule has 0 heterocycles. The van der Waals surface area contributed by atoms with Crippen LogP contribution >= 0.6 is 0 Å². The van der Waals surface area contributed by atoms with Gasteiger partial charge in [-0.3, -0.25) is 0 Å². The van der Waals surface area contributed by atoms with Gasteiger partial charge in [-0.05, 0) is 67.1 Å². The first kappa shape index (κ1) is 32.5. The van der Waals surface area contributed by atoms with E-state index in [9.17, 15) is 13.2 Å². The molecule has 0 aliphatic rings. The molecule has 0 saturated carbocycles. The highest BCUT2D eigenvalue weighted by Gasteiger charge is 2.49. The zero-order valence-electron chi connectivity index (χ0n) is 25.7. The lowest BCUT2D eigenvalue weighted by Gasteiger charge is -2.43. The van der Waals surface area contributed by atoms with Gasteiger partial charge < -0.3 is 4.74 Å². The number of hydrogen-bond acceptors (Lipinski definition) is 4. The molecule has 0 fully saturated rings. The van der Waals surface area contributed by atoms with Crippen molar-refractivity contribution in [2.24, 2.45) is 5.92 Å². The molecule has 0 radical (unpaired) electrons. The first-order valence-electron chi connectivity index (χ1n) is 14.8. The molecule has 4 rings (SSSR count). The highest BCUT2D eigenvalue weighted by Crippen LogP contribution is 2.35. The number of aryl methyl sites for hydroxylation is 1. The molecule has 0 amide bonds. The van der Waals surface area contributed by atoms with Crippen LogP contribution in [0, 0.1) is 24.7 Å². The van der Waals surface area contributed by atoms with Crippen LogP contribution in [0.25, 0.3) is 6.08 Å². The lowest BCUT2D eigenvalue weighted by atomic mass is 9.83. The summed E-state index contributed by atoms with van der Waals surface area (Å²) in [4.78, 5) is 13.8. The lowest BCUT2D eigenvalue weighted by molar-refractivity contribution is -0.0325. The van der Waals surface area contributed by atoms with Crippen LogP contribution in [0.4, 0.5) is 0 Å². The van der Waals surface area contributed by atoms with Crippen LogP contribution in [0.5, 0.6) is 0 Å². The van der Waals surface area contributed by atoms with E-state index in [1.165, 1.54) is 4.31 Å². The molecule has 1 unspecified atom stereocenters. The van der Waals surface area contributed by atoms with Crippen LogP contribution in [-0.4, -0.2) is 36.9 Å². The maximum atomic E-state index is 14.5. The fraction of sp³-hybridized carbons (Fsp3) is 0.237. The number of carbonyl (C=O) groups is 1. The van der Waals surface area contributed by atoms with E-state index in [2.05, 4.69) is 11.8 Å². The number of carbonyl (C=O) groups excluding carboxylic acids is 1. The summed E-state index contributed by atoms with van der Waals surface area (Å²) in [5.41, 5.74) is 1.53. The van der Waals surface area contributed by atoms with Crippen molar-refractivity contribution in [2.45, 2.75) is 50.7 Å². The summed E-state index contributed by atoms with van der Waals surface area (Å²) in [5.74, 6) is 5.63. The van der Waals surface area contributed by atoms with Crippen molar-refractivity contribution in [3.63, 3.8) is 0 Å². The Kier molecular flexibility index (Phi) is 10.9. The van der Waals surface area contributed by atoms with E-state index >= 15 is 0 Å². The Morgan fingerprint density at radius 1 is 0.864 bits per heavy atom. The monoisotopic (exact) mass is 605 g/mol. The molecular weight excluding hydrogens is 566 g/mol. The standard InChI is InChI=1S/C38H39NO4S/c1-5-38(28-27-33-18-11-7-12-19-33,43-37(40)34-21-13-8-14-22-34)36(30(2)3)39(29-15-20-32-16-9-6-10-17-32)44(41,42)35-25-23-31(4)24-26-35/h6-26,30,36H,5,29H2,1-4H3/b20-15+/t36?,38-/m0/s1. The second-order valence-corrected chi connectivity index (χ2v) is 12.9. The molecule has 44 heavy (non-hydrogen) atoms. The second-order valence-electron chi connectivity index (χ2n) is 11.0.